The van der Waals surface area contributed by atoms with E-state index in [2.05, 4.69) is 10.3 Å². The Morgan fingerprint density at radius 1 is 1.16 bits per heavy atom. The van der Waals surface area contributed by atoms with Crippen LogP contribution in [0.5, 0.6) is 0 Å². The van der Waals surface area contributed by atoms with Gasteiger partial charge in [-0.15, -0.1) is 11.3 Å². The number of rotatable bonds is 5. The highest BCUT2D eigenvalue weighted by Crippen LogP contribution is 2.33. The van der Waals surface area contributed by atoms with Gasteiger partial charge < -0.3 is 16.0 Å². The Bertz CT molecular complexity index is 1140. The molecule has 1 fully saturated rings. The van der Waals surface area contributed by atoms with E-state index in [0.29, 0.717) is 21.1 Å². The first kappa shape index (κ1) is 21.5. The smallest absolute Gasteiger partial charge is 0.263 e. The van der Waals surface area contributed by atoms with Crippen LogP contribution in [0.15, 0.2) is 18.2 Å². The summed E-state index contributed by atoms with van der Waals surface area (Å²) in [5, 5.41) is 3.53. The second kappa shape index (κ2) is 8.78. The normalized spacial score (nSPS) is 14.3. The maximum absolute atomic E-state index is 14.6. The van der Waals surface area contributed by atoms with Crippen LogP contribution in [0.1, 0.15) is 45.8 Å². The summed E-state index contributed by atoms with van der Waals surface area (Å²) in [6.45, 7) is 5.53. The molecule has 3 aromatic rings. The van der Waals surface area contributed by atoms with Gasteiger partial charge in [0.1, 0.15) is 21.3 Å². The first-order valence-electron chi connectivity index (χ1n) is 10.5. The van der Waals surface area contributed by atoms with Crippen molar-refractivity contribution in [2.45, 2.75) is 39.5 Å². The monoisotopic (exact) mass is 444 g/mol. The molecular weight excluding hydrogens is 418 g/mol. The summed E-state index contributed by atoms with van der Waals surface area (Å²) < 4.78 is 29.2. The molecule has 0 radical (unpaired) electrons. The SMILES string of the molecule is Cc1cc2c(N)c(C(=O)NCCc3cc(F)c(N4CCCCC4)cc3F)sc2nc1C. The third-order valence-electron chi connectivity index (χ3n) is 5.86. The summed E-state index contributed by atoms with van der Waals surface area (Å²) in [4.78, 5) is 20.1. The predicted molar refractivity (Wildman–Crippen MR) is 122 cm³/mol. The molecule has 0 spiro atoms. The maximum Gasteiger partial charge on any atom is 0.263 e. The Balaban J connectivity index is 1.43. The molecule has 1 aliphatic heterocycles. The van der Waals surface area contributed by atoms with Gasteiger partial charge in [0.25, 0.3) is 5.91 Å². The van der Waals surface area contributed by atoms with Crippen molar-refractivity contribution >= 4 is 38.8 Å². The Hall–Kier alpha value is -2.74. The summed E-state index contributed by atoms with van der Waals surface area (Å²) in [6.07, 6.45) is 3.29. The molecule has 0 saturated carbocycles. The topological polar surface area (TPSA) is 71.2 Å². The van der Waals surface area contributed by atoms with Crippen LogP contribution in [0.25, 0.3) is 10.2 Å². The fourth-order valence-electron chi connectivity index (χ4n) is 3.93. The van der Waals surface area contributed by atoms with Gasteiger partial charge in [-0.1, -0.05) is 0 Å². The van der Waals surface area contributed by atoms with E-state index in [4.69, 9.17) is 5.73 Å². The zero-order valence-electron chi connectivity index (χ0n) is 17.7. The van der Waals surface area contributed by atoms with E-state index in [1.54, 1.807) is 0 Å². The van der Waals surface area contributed by atoms with E-state index in [-0.39, 0.29) is 24.4 Å². The number of hydrogen-bond acceptors (Lipinski definition) is 5. The number of aryl methyl sites for hydroxylation is 2. The Morgan fingerprint density at radius 2 is 1.90 bits per heavy atom. The standard InChI is InChI=1S/C23H26F2N4OS/c1-13-10-16-20(26)21(31-23(16)28-14(13)2)22(30)27-7-6-15-11-18(25)19(12-17(15)24)29-8-4-3-5-9-29/h10-12H,3-9,26H2,1-2H3,(H,27,30). The number of carbonyl (C=O) groups excluding carboxylic acids is 1. The van der Waals surface area contributed by atoms with Crippen LogP contribution in [0, 0.1) is 25.5 Å². The molecule has 4 rings (SSSR count). The highest BCUT2D eigenvalue weighted by molar-refractivity contribution is 7.21. The minimum atomic E-state index is -0.451. The number of aromatic nitrogens is 1. The van der Waals surface area contributed by atoms with Gasteiger partial charge in [0.05, 0.1) is 11.4 Å². The fraction of sp³-hybridized carbons (Fsp3) is 0.391. The molecule has 0 bridgehead atoms. The van der Waals surface area contributed by atoms with Crippen molar-refractivity contribution < 1.29 is 13.6 Å². The number of halogens is 2. The number of carbonyl (C=O) groups is 1. The van der Waals surface area contributed by atoms with Crippen LogP contribution in [0.4, 0.5) is 20.2 Å². The molecule has 31 heavy (non-hydrogen) atoms. The Morgan fingerprint density at radius 3 is 2.65 bits per heavy atom. The summed E-state index contributed by atoms with van der Waals surface area (Å²) >= 11 is 1.24. The molecule has 164 valence electrons. The number of nitrogen functional groups attached to an aromatic ring is 1. The number of amides is 1. The number of piperidine rings is 1. The highest BCUT2D eigenvalue weighted by Gasteiger charge is 2.20. The van der Waals surface area contributed by atoms with Crippen molar-refractivity contribution in [3.05, 3.63) is 51.5 Å². The van der Waals surface area contributed by atoms with Gasteiger partial charge in [-0.2, -0.15) is 0 Å². The number of nitrogens with two attached hydrogens (primary N) is 1. The molecule has 1 aliphatic rings. The van der Waals surface area contributed by atoms with Gasteiger partial charge in [0.15, 0.2) is 0 Å². The van der Waals surface area contributed by atoms with Crippen molar-refractivity contribution in [1.82, 2.24) is 10.3 Å². The average Bonchev–Trinajstić information content (AvgIpc) is 3.06. The predicted octanol–water partition coefficient (Wildman–Crippen LogP) is 4.74. The molecule has 1 aromatic carbocycles. The number of nitrogens with zero attached hydrogens (tertiary/aromatic N) is 2. The number of fused-ring (bicyclic) bond motifs is 1. The zero-order chi connectivity index (χ0) is 22.1. The largest absolute Gasteiger partial charge is 0.397 e. The van der Waals surface area contributed by atoms with E-state index in [1.807, 2.05) is 24.8 Å². The van der Waals surface area contributed by atoms with Gasteiger partial charge in [-0.3, -0.25) is 4.79 Å². The first-order valence-corrected chi connectivity index (χ1v) is 11.3. The van der Waals surface area contributed by atoms with Gasteiger partial charge in [0.2, 0.25) is 0 Å². The van der Waals surface area contributed by atoms with Crippen LogP contribution in [-0.2, 0) is 6.42 Å². The van der Waals surface area contributed by atoms with Crippen molar-refractivity contribution in [2.24, 2.45) is 0 Å². The lowest BCUT2D eigenvalue weighted by molar-refractivity contribution is 0.0959. The molecule has 5 nitrogen and oxygen atoms in total. The van der Waals surface area contributed by atoms with Crippen molar-refractivity contribution in [2.75, 3.05) is 30.3 Å². The zero-order valence-corrected chi connectivity index (χ0v) is 18.5. The molecule has 1 saturated heterocycles. The van der Waals surface area contributed by atoms with Crippen molar-refractivity contribution in [3.8, 4) is 0 Å². The Kier molecular flexibility index (Phi) is 6.09. The summed E-state index contributed by atoms with van der Waals surface area (Å²) in [5.74, 6) is -1.20. The van der Waals surface area contributed by atoms with Crippen LogP contribution < -0.4 is 16.0 Å². The molecule has 3 N–H and O–H groups in total. The van der Waals surface area contributed by atoms with Crippen molar-refractivity contribution in [3.63, 3.8) is 0 Å². The maximum atomic E-state index is 14.6. The van der Waals surface area contributed by atoms with Gasteiger partial charge in [-0.05, 0) is 62.8 Å². The molecule has 2 aromatic heterocycles. The minimum Gasteiger partial charge on any atom is -0.397 e. The van der Waals surface area contributed by atoms with Gasteiger partial charge in [0, 0.05) is 36.8 Å². The lowest BCUT2D eigenvalue weighted by atomic mass is 10.1. The lowest BCUT2D eigenvalue weighted by Crippen LogP contribution is -2.30. The van der Waals surface area contributed by atoms with E-state index in [9.17, 15) is 13.6 Å². The molecule has 8 heteroatoms. The molecule has 1 amide bonds. The molecule has 0 unspecified atom stereocenters. The summed E-state index contributed by atoms with van der Waals surface area (Å²) in [7, 11) is 0. The molecule has 0 atom stereocenters. The highest BCUT2D eigenvalue weighted by atomic mass is 32.1. The molecular formula is C23H26F2N4OS. The third-order valence-corrected chi connectivity index (χ3v) is 6.98. The van der Waals surface area contributed by atoms with E-state index < -0.39 is 11.6 Å². The van der Waals surface area contributed by atoms with Crippen LogP contribution in [-0.4, -0.2) is 30.5 Å². The van der Waals surface area contributed by atoms with Crippen LogP contribution in [0.3, 0.4) is 0 Å². The first-order chi connectivity index (χ1) is 14.8. The molecule has 3 heterocycles. The summed E-state index contributed by atoms with van der Waals surface area (Å²) in [6, 6.07) is 4.45. The second-order valence-electron chi connectivity index (χ2n) is 8.04. The second-order valence-corrected chi connectivity index (χ2v) is 9.04. The minimum absolute atomic E-state index is 0.178. The van der Waals surface area contributed by atoms with Gasteiger partial charge >= 0.3 is 0 Å². The summed E-state index contributed by atoms with van der Waals surface area (Å²) in [5.41, 5.74) is 9.04. The number of anilines is 2. The van der Waals surface area contributed by atoms with Crippen LogP contribution in [0.2, 0.25) is 0 Å². The fourth-order valence-corrected chi connectivity index (χ4v) is 4.97. The number of hydrogen-bond donors (Lipinski definition) is 2. The Labute approximate surface area is 184 Å². The molecule has 0 aliphatic carbocycles. The third kappa shape index (κ3) is 4.35. The number of pyridine rings is 1. The van der Waals surface area contributed by atoms with E-state index in [0.717, 1.165) is 49.0 Å². The van der Waals surface area contributed by atoms with E-state index in [1.165, 1.54) is 23.5 Å². The number of thiophene rings is 1. The number of benzene rings is 1. The quantitative estimate of drug-likeness (QED) is 0.597. The number of nitrogens with one attached hydrogen (secondary N) is 1. The van der Waals surface area contributed by atoms with Crippen LogP contribution >= 0.6 is 11.3 Å². The van der Waals surface area contributed by atoms with Crippen molar-refractivity contribution in [1.29, 1.82) is 0 Å². The van der Waals surface area contributed by atoms with Gasteiger partial charge in [-0.25, -0.2) is 13.8 Å². The van der Waals surface area contributed by atoms with E-state index >= 15 is 0 Å². The lowest BCUT2D eigenvalue weighted by Gasteiger charge is -2.29. The average molecular weight is 445 g/mol.